The van der Waals surface area contributed by atoms with Gasteiger partial charge in [0.25, 0.3) is 0 Å². The Bertz CT molecular complexity index is 1360. The number of azo groups is 3. The number of rotatable bonds is 8. The van der Waals surface area contributed by atoms with Crippen molar-refractivity contribution >= 4 is 57.3 Å². The Morgan fingerprint density at radius 1 is 0.395 bits per heavy atom. The van der Waals surface area contributed by atoms with Crippen molar-refractivity contribution in [3.05, 3.63) is 97.1 Å². The van der Waals surface area contributed by atoms with Crippen LogP contribution in [0.2, 0.25) is 0 Å². The van der Waals surface area contributed by atoms with Gasteiger partial charge < -0.3 is 10.6 Å². The minimum absolute atomic E-state index is 0.125. The van der Waals surface area contributed by atoms with E-state index in [0.29, 0.717) is 45.5 Å². The van der Waals surface area contributed by atoms with Gasteiger partial charge in [-0.3, -0.25) is 9.59 Å². The van der Waals surface area contributed by atoms with Gasteiger partial charge in [0.1, 0.15) is 0 Å². The summed E-state index contributed by atoms with van der Waals surface area (Å²) < 4.78 is 0. The van der Waals surface area contributed by atoms with Gasteiger partial charge in [-0.2, -0.15) is 30.7 Å². The first kappa shape index (κ1) is 25.7. The Hall–Kier alpha value is -5.38. The van der Waals surface area contributed by atoms with Crippen LogP contribution >= 0.6 is 0 Å². The normalized spacial score (nSPS) is 11.3. The predicted molar refractivity (Wildman–Crippen MR) is 147 cm³/mol. The molecule has 188 valence electrons. The molecule has 38 heavy (non-hydrogen) atoms. The molecule has 0 bridgehead atoms. The van der Waals surface area contributed by atoms with Crippen LogP contribution in [0.5, 0.6) is 0 Å². The van der Waals surface area contributed by atoms with E-state index in [1.54, 1.807) is 97.1 Å². The van der Waals surface area contributed by atoms with Gasteiger partial charge in [-0.25, -0.2) is 0 Å². The summed E-state index contributed by atoms with van der Waals surface area (Å²) in [5, 5.41) is 30.8. The zero-order valence-corrected chi connectivity index (χ0v) is 20.7. The molecule has 0 aromatic heterocycles. The van der Waals surface area contributed by atoms with Gasteiger partial charge in [-0.1, -0.05) is 0 Å². The smallest absolute Gasteiger partial charge is 0.221 e. The Balaban J connectivity index is 1.30. The van der Waals surface area contributed by atoms with Gasteiger partial charge in [0.2, 0.25) is 11.8 Å². The highest BCUT2D eigenvalue weighted by Gasteiger charge is 1.98. The SMILES string of the molecule is CC(=O)Nc1ccc(N=Nc2ccc(N=Nc3ccc(N=Nc4ccc(NC(C)=O)cc4)cc3)cc2)cc1. The number of hydrogen-bond acceptors (Lipinski definition) is 8. The van der Waals surface area contributed by atoms with E-state index in [0.717, 1.165) is 0 Å². The minimum Gasteiger partial charge on any atom is -0.326 e. The maximum atomic E-state index is 11.1. The van der Waals surface area contributed by atoms with Crippen LogP contribution in [0.3, 0.4) is 0 Å². The number of carbonyl (C=O) groups excluding carboxylic acids is 2. The van der Waals surface area contributed by atoms with Gasteiger partial charge >= 0.3 is 0 Å². The molecule has 0 aliphatic carbocycles. The highest BCUT2D eigenvalue weighted by Crippen LogP contribution is 2.26. The fraction of sp³-hybridized carbons (Fsp3) is 0.0714. The second-order valence-electron chi connectivity index (χ2n) is 8.09. The summed E-state index contributed by atoms with van der Waals surface area (Å²) >= 11 is 0. The lowest BCUT2D eigenvalue weighted by Crippen LogP contribution is -2.04. The monoisotopic (exact) mass is 504 g/mol. The second-order valence-corrected chi connectivity index (χ2v) is 8.09. The molecule has 2 N–H and O–H groups in total. The predicted octanol–water partition coefficient (Wildman–Crippen LogP) is 8.85. The summed E-state index contributed by atoms with van der Waals surface area (Å²) in [5.41, 5.74) is 5.46. The standard InChI is InChI=1S/C28H24N8O2/c1-19(37)29-21-3-7-23(8-4-21)31-33-25-11-15-27(16-12-25)35-36-28-17-13-26(14-18-28)34-32-24-9-5-22(6-10-24)30-20(2)38/h3-18H,1-2H3,(H,29,37)(H,30,38). The molecular formula is C28H24N8O2. The molecule has 0 spiro atoms. The van der Waals surface area contributed by atoms with Crippen LogP contribution in [-0.2, 0) is 9.59 Å². The van der Waals surface area contributed by atoms with E-state index in [9.17, 15) is 9.59 Å². The first-order valence-corrected chi connectivity index (χ1v) is 11.6. The number of nitrogens with one attached hydrogen (secondary N) is 2. The van der Waals surface area contributed by atoms with E-state index < -0.39 is 0 Å². The third kappa shape index (κ3) is 8.09. The van der Waals surface area contributed by atoms with Gasteiger partial charge in [0.15, 0.2) is 0 Å². The first-order valence-electron chi connectivity index (χ1n) is 11.6. The number of hydrogen-bond donors (Lipinski definition) is 2. The molecule has 10 heteroatoms. The lowest BCUT2D eigenvalue weighted by molar-refractivity contribution is -0.115. The molecule has 4 aromatic carbocycles. The third-order valence-electron chi connectivity index (χ3n) is 4.92. The van der Waals surface area contributed by atoms with Crippen LogP contribution in [0, 0.1) is 0 Å². The fourth-order valence-electron chi connectivity index (χ4n) is 3.15. The summed E-state index contributed by atoms with van der Waals surface area (Å²) in [5.74, 6) is -0.251. The summed E-state index contributed by atoms with van der Waals surface area (Å²) in [6, 6.07) is 28.6. The molecule has 0 unspecified atom stereocenters. The molecule has 0 heterocycles. The number of amides is 2. The van der Waals surface area contributed by atoms with E-state index >= 15 is 0 Å². The number of carbonyl (C=O) groups is 2. The van der Waals surface area contributed by atoms with E-state index in [-0.39, 0.29) is 11.8 Å². The molecule has 0 atom stereocenters. The maximum absolute atomic E-state index is 11.1. The molecule has 0 saturated carbocycles. The lowest BCUT2D eigenvalue weighted by Gasteiger charge is -2.01. The molecule has 0 fully saturated rings. The van der Waals surface area contributed by atoms with Crippen LogP contribution in [0.25, 0.3) is 0 Å². The van der Waals surface area contributed by atoms with Gasteiger partial charge in [-0.15, -0.1) is 0 Å². The number of benzene rings is 4. The summed E-state index contributed by atoms with van der Waals surface area (Å²) in [7, 11) is 0. The summed E-state index contributed by atoms with van der Waals surface area (Å²) in [4.78, 5) is 22.2. The molecule has 0 aliphatic rings. The summed E-state index contributed by atoms with van der Waals surface area (Å²) in [6.45, 7) is 2.92. The van der Waals surface area contributed by atoms with E-state index in [1.807, 2.05) is 0 Å². The minimum atomic E-state index is -0.125. The highest BCUT2D eigenvalue weighted by atomic mass is 16.2. The third-order valence-corrected chi connectivity index (χ3v) is 4.92. The van der Waals surface area contributed by atoms with Crippen molar-refractivity contribution in [1.29, 1.82) is 0 Å². The van der Waals surface area contributed by atoms with Crippen LogP contribution in [0.15, 0.2) is 128 Å². The van der Waals surface area contributed by atoms with Gasteiger partial charge in [0.05, 0.1) is 34.1 Å². The fourth-order valence-corrected chi connectivity index (χ4v) is 3.15. The Labute approximate surface area is 219 Å². The molecule has 4 aromatic rings. The van der Waals surface area contributed by atoms with Crippen LogP contribution < -0.4 is 10.6 Å². The number of nitrogens with zero attached hydrogens (tertiary/aromatic N) is 6. The summed E-state index contributed by atoms with van der Waals surface area (Å²) in [6.07, 6.45) is 0. The van der Waals surface area contributed by atoms with Crippen molar-refractivity contribution in [3.63, 3.8) is 0 Å². The van der Waals surface area contributed by atoms with Crippen molar-refractivity contribution in [2.45, 2.75) is 13.8 Å². The molecule has 4 rings (SSSR count). The van der Waals surface area contributed by atoms with E-state index in [1.165, 1.54) is 13.8 Å². The van der Waals surface area contributed by atoms with Crippen molar-refractivity contribution in [1.82, 2.24) is 0 Å². The maximum Gasteiger partial charge on any atom is 0.221 e. The molecule has 10 nitrogen and oxygen atoms in total. The van der Waals surface area contributed by atoms with E-state index in [2.05, 4.69) is 41.3 Å². The zero-order chi connectivity index (χ0) is 26.7. The van der Waals surface area contributed by atoms with Crippen molar-refractivity contribution in [2.24, 2.45) is 30.7 Å². The molecular weight excluding hydrogens is 480 g/mol. The highest BCUT2D eigenvalue weighted by molar-refractivity contribution is 5.89. The van der Waals surface area contributed by atoms with Crippen molar-refractivity contribution in [2.75, 3.05) is 10.6 Å². The quantitative estimate of drug-likeness (QED) is 0.232. The van der Waals surface area contributed by atoms with Crippen LogP contribution in [-0.4, -0.2) is 11.8 Å². The lowest BCUT2D eigenvalue weighted by atomic mass is 10.3. The largest absolute Gasteiger partial charge is 0.326 e. The second kappa shape index (κ2) is 12.5. The zero-order valence-electron chi connectivity index (χ0n) is 20.7. The van der Waals surface area contributed by atoms with E-state index in [4.69, 9.17) is 0 Å². The average Bonchev–Trinajstić information content (AvgIpc) is 2.92. The molecule has 0 saturated heterocycles. The van der Waals surface area contributed by atoms with Crippen molar-refractivity contribution in [3.8, 4) is 0 Å². The average molecular weight is 505 g/mol. The molecule has 2 amide bonds. The Kier molecular flexibility index (Phi) is 8.48. The number of anilines is 2. The van der Waals surface area contributed by atoms with Crippen molar-refractivity contribution < 1.29 is 9.59 Å². The topological polar surface area (TPSA) is 132 Å². The van der Waals surface area contributed by atoms with Crippen LogP contribution in [0.4, 0.5) is 45.5 Å². The Morgan fingerprint density at radius 2 is 0.579 bits per heavy atom. The molecule has 0 aliphatic heterocycles. The first-order chi connectivity index (χ1) is 18.4. The Morgan fingerprint density at radius 3 is 0.763 bits per heavy atom. The van der Waals surface area contributed by atoms with Gasteiger partial charge in [-0.05, 0) is 97.1 Å². The molecule has 0 radical (unpaired) electrons. The van der Waals surface area contributed by atoms with Crippen LogP contribution in [0.1, 0.15) is 13.8 Å². The van der Waals surface area contributed by atoms with Gasteiger partial charge in [0, 0.05) is 25.2 Å².